The first-order valence-corrected chi connectivity index (χ1v) is 5.51. The summed E-state index contributed by atoms with van der Waals surface area (Å²) in [5.74, 6) is 0. The molecular formula is C13H9BF4O. The maximum atomic E-state index is 9.75. The topological polar surface area (TPSA) is 11.3 Å². The quantitative estimate of drug-likeness (QED) is 0.237. The van der Waals surface area contributed by atoms with Crippen molar-refractivity contribution in [2.75, 3.05) is 0 Å². The van der Waals surface area contributed by atoms with Gasteiger partial charge in [0.25, 0.3) is 0 Å². The van der Waals surface area contributed by atoms with Crippen LogP contribution in [0.1, 0.15) is 0 Å². The number of hydrogen-bond acceptors (Lipinski definition) is 0. The molecule has 0 atom stereocenters. The van der Waals surface area contributed by atoms with Crippen LogP contribution >= 0.6 is 0 Å². The minimum Gasteiger partial charge on any atom is -0.418 e. The van der Waals surface area contributed by atoms with Gasteiger partial charge < -0.3 is 17.3 Å². The lowest BCUT2D eigenvalue weighted by atomic mass is 10.1. The van der Waals surface area contributed by atoms with Gasteiger partial charge in [-0.2, -0.15) is 0 Å². The molecule has 1 aromatic heterocycles. The fourth-order valence-corrected chi connectivity index (χ4v) is 1.67. The number of hydrogen-bond donors (Lipinski definition) is 0. The van der Waals surface area contributed by atoms with E-state index in [2.05, 4.69) is 18.2 Å². The van der Waals surface area contributed by atoms with E-state index in [0.717, 1.165) is 21.9 Å². The van der Waals surface area contributed by atoms with Gasteiger partial charge in [-0.15, -0.1) is 0 Å². The summed E-state index contributed by atoms with van der Waals surface area (Å²) in [6.45, 7) is 0. The zero-order valence-electron chi connectivity index (χ0n) is 9.69. The van der Waals surface area contributed by atoms with Gasteiger partial charge in [0.15, 0.2) is 0 Å². The number of rotatable bonds is 0. The molecule has 0 aliphatic rings. The van der Waals surface area contributed by atoms with Crippen molar-refractivity contribution < 1.29 is 21.7 Å². The first-order valence-electron chi connectivity index (χ1n) is 5.51. The second kappa shape index (κ2) is 5.26. The van der Waals surface area contributed by atoms with Crippen LogP contribution in [0.15, 0.2) is 59.0 Å². The molecule has 0 aliphatic heterocycles. The highest BCUT2D eigenvalue weighted by atomic mass is 19.5. The summed E-state index contributed by atoms with van der Waals surface area (Å²) in [5.41, 5.74) is 1.87. The van der Waals surface area contributed by atoms with Gasteiger partial charge >= 0.3 is 18.4 Å². The smallest absolute Gasteiger partial charge is 0.418 e. The van der Waals surface area contributed by atoms with Gasteiger partial charge in [-0.25, -0.2) is 4.42 Å². The van der Waals surface area contributed by atoms with Crippen LogP contribution in [0.5, 0.6) is 0 Å². The second-order valence-corrected chi connectivity index (χ2v) is 3.82. The molecule has 0 N–H and O–H groups in total. The standard InChI is InChI=1S/C13H9O.BF4/c1-3-7-12-10(5-1)9-11-6-2-4-8-13(11)14-12;2-1(3,4)5/h1-9H;/q+1;-1. The fraction of sp³-hybridized carbons (Fsp3) is 0. The fourth-order valence-electron chi connectivity index (χ4n) is 1.67. The Kier molecular flexibility index (Phi) is 3.69. The molecule has 6 heteroatoms. The normalized spacial score (nSPS) is 11.2. The van der Waals surface area contributed by atoms with Gasteiger partial charge in [-0.1, -0.05) is 24.3 Å². The molecule has 2 aromatic carbocycles. The van der Waals surface area contributed by atoms with E-state index in [1.807, 2.05) is 36.4 Å². The Hall–Kier alpha value is -2.11. The molecule has 1 heterocycles. The Balaban J connectivity index is 0.000000232. The third-order valence-corrected chi connectivity index (χ3v) is 2.37. The third kappa shape index (κ3) is 3.94. The van der Waals surface area contributed by atoms with Crippen LogP contribution < -0.4 is 0 Å². The minimum absolute atomic E-state index is 0.936. The summed E-state index contributed by atoms with van der Waals surface area (Å²) in [6.07, 6.45) is 0. The molecule has 0 saturated heterocycles. The molecule has 1 nitrogen and oxygen atoms in total. The molecule has 0 bridgehead atoms. The summed E-state index contributed by atoms with van der Waals surface area (Å²) in [4.78, 5) is 0. The van der Waals surface area contributed by atoms with Crippen molar-refractivity contribution in [3.05, 3.63) is 54.6 Å². The molecular weight excluding hydrogens is 259 g/mol. The van der Waals surface area contributed by atoms with Crippen LogP contribution in [0.4, 0.5) is 17.3 Å². The summed E-state index contributed by atoms with van der Waals surface area (Å²) >= 11 is 0. The Bertz CT molecular complexity index is 586. The maximum Gasteiger partial charge on any atom is 0.673 e. The molecule has 98 valence electrons. The van der Waals surface area contributed by atoms with Crippen LogP contribution in [-0.2, 0) is 0 Å². The molecule has 0 saturated carbocycles. The van der Waals surface area contributed by atoms with Gasteiger partial charge in [-0.3, -0.25) is 0 Å². The number of halogens is 4. The maximum absolute atomic E-state index is 9.75. The van der Waals surface area contributed by atoms with Crippen molar-refractivity contribution in [2.45, 2.75) is 0 Å². The lowest BCUT2D eigenvalue weighted by molar-refractivity contribution is 0.368. The lowest BCUT2D eigenvalue weighted by Gasteiger charge is -1.94. The molecule has 0 unspecified atom stereocenters. The van der Waals surface area contributed by atoms with Crippen molar-refractivity contribution in [1.29, 1.82) is 0 Å². The molecule has 0 aliphatic carbocycles. The van der Waals surface area contributed by atoms with E-state index in [1.165, 1.54) is 0 Å². The highest BCUT2D eigenvalue weighted by molar-refractivity contribution is 6.50. The molecule has 0 fully saturated rings. The van der Waals surface area contributed by atoms with Gasteiger partial charge in [-0.05, 0) is 18.2 Å². The van der Waals surface area contributed by atoms with Crippen molar-refractivity contribution in [3.8, 4) is 0 Å². The van der Waals surface area contributed by atoms with Crippen LogP contribution in [0.25, 0.3) is 21.9 Å². The second-order valence-electron chi connectivity index (χ2n) is 3.82. The predicted octanol–water partition coefficient (Wildman–Crippen LogP) is 5.17. The Labute approximate surface area is 106 Å². The number of benzene rings is 2. The highest BCUT2D eigenvalue weighted by Crippen LogP contribution is 2.21. The molecule has 19 heavy (non-hydrogen) atoms. The summed E-state index contributed by atoms with van der Waals surface area (Å²) in [7, 11) is -6.00. The minimum atomic E-state index is -6.00. The molecule has 0 radical (unpaired) electrons. The zero-order chi connectivity index (χ0) is 13.9. The van der Waals surface area contributed by atoms with E-state index in [0.29, 0.717) is 0 Å². The van der Waals surface area contributed by atoms with Crippen LogP contribution in [0.3, 0.4) is 0 Å². The van der Waals surface area contributed by atoms with Crippen LogP contribution in [-0.4, -0.2) is 7.25 Å². The molecule has 3 rings (SSSR count). The average Bonchev–Trinajstić information content (AvgIpc) is 2.34. The Morgan fingerprint density at radius 3 is 1.47 bits per heavy atom. The van der Waals surface area contributed by atoms with E-state index in [4.69, 9.17) is 4.42 Å². The molecule has 0 spiro atoms. The van der Waals surface area contributed by atoms with E-state index < -0.39 is 7.25 Å². The summed E-state index contributed by atoms with van der Waals surface area (Å²) in [6, 6.07) is 18.3. The van der Waals surface area contributed by atoms with E-state index in [-0.39, 0.29) is 0 Å². The van der Waals surface area contributed by atoms with Crippen molar-refractivity contribution >= 4 is 29.2 Å². The van der Waals surface area contributed by atoms with Crippen molar-refractivity contribution in [1.82, 2.24) is 0 Å². The molecule has 3 aromatic rings. The third-order valence-electron chi connectivity index (χ3n) is 2.37. The average molecular weight is 268 g/mol. The van der Waals surface area contributed by atoms with Gasteiger partial charge in [0.2, 0.25) is 0 Å². The number of para-hydroxylation sites is 2. The predicted molar refractivity (Wildman–Crippen MR) is 68.3 cm³/mol. The monoisotopic (exact) mass is 268 g/mol. The van der Waals surface area contributed by atoms with E-state index in [1.54, 1.807) is 0 Å². The van der Waals surface area contributed by atoms with Crippen LogP contribution in [0, 0.1) is 0 Å². The van der Waals surface area contributed by atoms with Gasteiger partial charge in [0.05, 0.1) is 10.8 Å². The highest BCUT2D eigenvalue weighted by Gasteiger charge is 2.20. The van der Waals surface area contributed by atoms with Crippen LogP contribution in [0.2, 0.25) is 0 Å². The van der Waals surface area contributed by atoms with E-state index >= 15 is 0 Å². The Morgan fingerprint density at radius 2 is 1.05 bits per heavy atom. The van der Waals surface area contributed by atoms with Gasteiger partial charge in [0, 0.05) is 12.1 Å². The van der Waals surface area contributed by atoms with E-state index in [9.17, 15) is 17.3 Å². The summed E-state index contributed by atoms with van der Waals surface area (Å²) in [5, 5.41) is 2.29. The first kappa shape index (κ1) is 13.3. The van der Waals surface area contributed by atoms with Crippen molar-refractivity contribution in [2.24, 2.45) is 0 Å². The Morgan fingerprint density at radius 1 is 0.684 bits per heavy atom. The molecule has 0 amide bonds. The first-order chi connectivity index (χ1) is 8.93. The lowest BCUT2D eigenvalue weighted by Crippen LogP contribution is -2.02. The summed E-state index contributed by atoms with van der Waals surface area (Å²) < 4.78 is 44.7. The number of fused-ring (bicyclic) bond motifs is 2. The zero-order valence-corrected chi connectivity index (χ0v) is 9.69. The van der Waals surface area contributed by atoms with Crippen molar-refractivity contribution in [3.63, 3.8) is 0 Å². The largest absolute Gasteiger partial charge is 0.673 e. The van der Waals surface area contributed by atoms with Gasteiger partial charge in [0.1, 0.15) is 0 Å². The SMILES string of the molecule is F[B-](F)(F)F.c1ccc2[o+]c3ccccc3cc2c1.